The lowest BCUT2D eigenvalue weighted by molar-refractivity contribution is 0.0713. The van der Waals surface area contributed by atoms with Gasteiger partial charge in [0.15, 0.2) is 0 Å². The minimum atomic E-state index is -0.435. The zero-order valence-corrected chi connectivity index (χ0v) is 9.89. The minimum absolute atomic E-state index is 0.147. The van der Waals surface area contributed by atoms with Crippen LogP contribution in [-0.2, 0) is 0 Å². The van der Waals surface area contributed by atoms with Crippen molar-refractivity contribution in [1.29, 1.82) is 0 Å². The van der Waals surface area contributed by atoms with Crippen LogP contribution in [0.1, 0.15) is 41.9 Å². The monoisotopic (exact) mass is 235 g/mol. The molecule has 2 rings (SSSR count). The average Bonchev–Trinajstić information content (AvgIpc) is 2.32. The van der Waals surface area contributed by atoms with E-state index in [1.165, 1.54) is 6.33 Å². The number of aryl methyl sites for hydroxylation is 1. The van der Waals surface area contributed by atoms with Gasteiger partial charge in [-0.3, -0.25) is 4.79 Å². The first-order chi connectivity index (χ1) is 8.16. The summed E-state index contributed by atoms with van der Waals surface area (Å²) >= 11 is 0. The predicted octanol–water partition coefficient (Wildman–Crippen LogP) is 0.818. The van der Waals surface area contributed by atoms with Crippen molar-refractivity contribution in [2.45, 2.75) is 44.8 Å². The van der Waals surface area contributed by atoms with Gasteiger partial charge < -0.3 is 10.4 Å². The van der Waals surface area contributed by atoms with Gasteiger partial charge in [-0.1, -0.05) is 12.8 Å². The highest BCUT2D eigenvalue weighted by atomic mass is 16.3. The van der Waals surface area contributed by atoms with Crippen molar-refractivity contribution >= 4 is 5.91 Å². The number of hydrogen-bond acceptors (Lipinski definition) is 4. The largest absolute Gasteiger partial charge is 0.391 e. The molecule has 1 aromatic rings. The van der Waals surface area contributed by atoms with Crippen molar-refractivity contribution in [3.63, 3.8) is 0 Å². The van der Waals surface area contributed by atoms with E-state index in [0.29, 0.717) is 5.69 Å². The van der Waals surface area contributed by atoms with Crippen LogP contribution in [0.15, 0.2) is 12.4 Å². The van der Waals surface area contributed by atoms with Crippen LogP contribution in [0.4, 0.5) is 0 Å². The summed E-state index contributed by atoms with van der Waals surface area (Å²) in [6.07, 6.45) is 4.60. The van der Waals surface area contributed by atoms with Crippen molar-refractivity contribution in [3.8, 4) is 0 Å². The van der Waals surface area contributed by atoms with Gasteiger partial charge in [-0.25, -0.2) is 9.97 Å². The molecule has 92 valence electrons. The Morgan fingerprint density at radius 2 is 2.18 bits per heavy atom. The summed E-state index contributed by atoms with van der Waals surface area (Å²) in [7, 11) is 0. The molecular formula is C12H17N3O2. The van der Waals surface area contributed by atoms with Gasteiger partial charge in [0.25, 0.3) is 5.91 Å². The van der Waals surface area contributed by atoms with Crippen LogP contribution in [0.3, 0.4) is 0 Å². The first kappa shape index (κ1) is 12.0. The molecule has 0 aromatic carbocycles. The third-order valence-corrected chi connectivity index (χ3v) is 3.08. The molecule has 1 heterocycles. The topological polar surface area (TPSA) is 75.1 Å². The Bertz CT molecular complexity index is 408. The summed E-state index contributed by atoms with van der Waals surface area (Å²) < 4.78 is 0. The average molecular weight is 235 g/mol. The molecule has 1 aromatic heterocycles. The quantitative estimate of drug-likeness (QED) is 0.795. The van der Waals surface area contributed by atoms with Crippen LogP contribution in [0.2, 0.25) is 0 Å². The van der Waals surface area contributed by atoms with E-state index >= 15 is 0 Å². The number of nitrogens with zero attached hydrogens (tertiary/aromatic N) is 2. The lowest BCUT2D eigenvalue weighted by atomic mass is 9.92. The fraction of sp³-hybridized carbons (Fsp3) is 0.583. The zero-order chi connectivity index (χ0) is 12.3. The standard InChI is InChI=1S/C12H17N3O2/c1-8-6-10(14-7-13-8)12(17)15-9-4-2-3-5-11(9)16/h6-7,9,11,16H,2-5H2,1H3,(H,15,17). The van der Waals surface area contributed by atoms with Gasteiger partial charge in [0.1, 0.15) is 12.0 Å². The Morgan fingerprint density at radius 1 is 1.41 bits per heavy atom. The van der Waals surface area contributed by atoms with E-state index in [0.717, 1.165) is 31.4 Å². The van der Waals surface area contributed by atoms with Crippen LogP contribution < -0.4 is 5.32 Å². The van der Waals surface area contributed by atoms with Gasteiger partial charge in [0.05, 0.1) is 12.1 Å². The lowest BCUT2D eigenvalue weighted by Gasteiger charge is -2.28. The molecule has 0 bridgehead atoms. The second-order valence-electron chi connectivity index (χ2n) is 4.48. The first-order valence-corrected chi connectivity index (χ1v) is 5.94. The SMILES string of the molecule is Cc1cc(C(=O)NC2CCCCC2O)ncn1. The van der Waals surface area contributed by atoms with E-state index in [-0.39, 0.29) is 11.9 Å². The number of aliphatic hydroxyl groups is 1. The highest BCUT2D eigenvalue weighted by molar-refractivity contribution is 5.92. The third-order valence-electron chi connectivity index (χ3n) is 3.08. The fourth-order valence-electron chi connectivity index (χ4n) is 2.10. The smallest absolute Gasteiger partial charge is 0.270 e. The van der Waals surface area contributed by atoms with E-state index in [2.05, 4.69) is 15.3 Å². The van der Waals surface area contributed by atoms with E-state index in [4.69, 9.17) is 0 Å². The lowest BCUT2D eigenvalue weighted by Crippen LogP contribution is -2.45. The van der Waals surface area contributed by atoms with Gasteiger partial charge in [-0.05, 0) is 25.8 Å². The molecule has 5 heteroatoms. The van der Waals surface area contributed by atoms with Crippen LogP contribution in [0.5, 0.6) is 0 Å². The normalized spacial score (nSPS) is 24.4. The number of rotatable bonds is 2. The maximum absolute atomic E-state index is 11.9. The fourth-order valence-corrected chi connectivity index (χ4v) is 2.10. The molecule has 2 atom stereocenters. The van der Waals surface area contributed by atoms with Crippen LogP contribution in [0.25, 0.3) is 0 Å². The van der Waals surface area contributed by atoms with E-state index in [1.807, 2.05) is 6.92 Å². The Labute approximate surface area is 100 Å². The molecule has 0 saturated heterocycles. The maximum Gasteiger partial charge on any atom is 0.270 e. The molecule has 2 N–H and O–H groups in total. The maximum atomic E-state index is 11.9. The van der Waals surface area contributed by atoms with E-state index in [1.54, 1.807) is 6.07 Å². The molecule has 1 saturated carbocycles. The third kappa shape index (κ3) is 3.00. The summed E-state index contributed by atoms with van der Waals surface area (Å²) in [6, 6.07) is 1.50. The number of nitrogens with one attached hydrogen (secondary N) is 1. The molecular weight excluding hydrogens is 218 g/mol. The van der Waals surface area contributed by atoms with Crippen LogP contribution >= 0.6 is 0 Å². The summed E-state index contributed by atoms with van der Waals surface area (Å²) in [4.78, 5) is 19.8. The van der Waals surface area contributed by atoms with Crippen molar-refractivity contribution < 1.29 is 9.90 Å². The molecule has 1 aliphatic rings. The molecule has 17 heavy (non-hydrogen) atoms. The Balaban J connectivity index is 2.01. The van der Waals surface area contributed by atoms with Crippen molar-refractivity contribution in [3.05, 3.63) is 23.8 Å². The van der Waals surface area contributed by atoms with Crippen LogP contribution in [0, 0.1) is 6.92 Å². The zero-order valence-electron chi connectivity index (χ0n) is 9.89. The van der Waals surface area contributed by atoms with E-state index < -0.39 is 6.10 Å². The molecule has 1 fully saturated rings. The number of hydrogen-bond donors (Lipinski definition) is 2. The number of aromatic nitrogens is 2. The molecule has 2 unspecified atom stereocenters. The number of amides is 1. The predicted molar refractivity (Wildman–Crippen MR) is 62.5 cm³/mol. The van der Waals surface area contributed by atoms with Gasteiger partial charge in [-0.15, -0.1) is 0 Å². The number of aliphatic hydroxyl groups excluding tert-OH is 1. The van der Waals surface area contributed by atoms with Crippen molar-refractivity contribution in [2.75, 3.05) is 0 Å². The molecule has 0 radical (unpaired) electrons. The molecule has 1 amide bonds. The molecule has 0 aliphatic heterocycles. The van der Waals surface area contributed by atoms with Gasteiger partial charge in [0, 0.05) is 5.69 Å². The second-order valence-corrected chi connectivity index (χ2v) is 4.48. The minimum Gasteiger partial charge on any atom is -0.391 e. The van der Waals surface area contributed by atoms with Gasteiger partial charge >= 0.3 is 0 Å². The molecule has 5 nitrogen and oxygen atoms in total. The van der Waals surface area contributed by atoms with Crippen LogP contribution in [-0.4, -0.2) is 33.1 Å². The first-order valence-electron chi connectivity index (χ1n) is 5.94. The second kappa shape index (κ2) is 5.23. The van der Waals surface area contributed by atoms with Gasteiger partial charge in [-0.2, -0.15) is 0 Å². The summed E-state index contributed by atoms with van der Waals surface area (Å²) in [5, 5.41) is 12.6. The number of carbonyl (C=O) groups excluding carboxylic acids is 1. The van der Waals surface area contributed by atoms with Crippen molar-refractivity contribution in [1.82, 2.24) is 15.3 Å². The summed E-state index contributed by atoms with van der Waals surface area (Å²) in [5.41, 5.74) is 1.12. The highest BCUT2D eigenvalue weighted by Crippen LogP contribution is 2.18. The van der Waals surface area contributed by atoms with E-state index in [9.17, 15) is 9.90 Å². The highest BCUT2D eigenvalue weighted by Gasteiger charge is 2.25. The Kier molecular flexibility index (Phi) is 3.68. The summed E-state index contributed by atoms with van der Waals surface area (Å²) in [5.74, 6) is -0.235. The Hall–Kier alpha value is -1.49. The Morgan fingerprint density at radius 3 is 2.88 bits per heavy atom. The molecule has 0 spiro atoms. The summed E-state index contributed by atoms with van der Waals surface area (Å²) in [6.45, 7) is 1.81. The molecule has 1 aliphatic carbocycles. The van der Waals surface area contributed by atoms with Gasteiger partial charge in [0.2, 0.25) is 0 Å². The van der Waals surface area contributed by atoms with Crippen molar-refractivity contribution in [2.24, 2.45) is 0 Å². The number of carbonyl (C=O) groups is 1.